The predicted octanol–water partition coefficient (Wildman–Crippen LogP) is 0.670. The van der Waals surface area contributed by atoms with Crippen LogP contribution in [0.3, 0.4) is 0 Å². The normalized spacial score (nSPS) is 28.9. The van der Waals surface area contributed by atoms with Crippen molar-refractivity contribution >= 4 is 5.91 Å². The van der Waals surface area contributed by atoms with Gasteiger partial charge in [-0.25, -0.2) is 0 Å². The van der Waals surface area contributed by atoms with Gasteiger partial charge >= 0.3 is 0 Å². The van der Waals surface area contributed by atoms with Crippen LogP contribution in [0.4, 0.5) is 0 Å². The summed E-state index contributed by atoms with van der Waals surface area (Å²) in [5, 5.41) is 6.26. The topological polar surface area (TPSA) is 50.4 Å². The minimum absolute atomic E-state index is 0.0478. The van der Waals surface area contributed by atoms with E-state index in [0.29, 0.717) is 25.1 Å². The second-order valence-electron chi connectivity index (χ2n) is 4.91. The molecule has 1 heterocycles. The highest BCUT2D eigenvalue weighted by atomic mass is 16.5. The van der Waals surface area contributed by atoms with Gasteiger partial charge in [-0.1, -0.05) is 12.8 Å². The van der Waals surface area contributed by atoms with Crippen LogP contribution < -0.4 is 10.6 Å². The highest BCUT2D eigenvalue weighted by Gasteiger charge is 2.27. The fourth-order valence-electron chi connectivity index (χ4n) is 2.63. The molecule has 2 N–H and O–H groups in total. The summed E-state index contributed by atoms with van der Waals surface area (Å²) >= 11 is 0. The third kappa shape index (κ3) is 2.95. The summed E-state index contributed by atoms with van der Waals surface area (Å²) in [6.07, 6.45) is 4.84. The molecule has 0 radical (unpaired) electrons. The lowest BCUT2D eigenvalue weighted by Crippen LogP contribution is -2.50. The van der Waals surface area contributed by atoms with Crippen LogP contribution in [0, 0.1) is 5.92 Å². The average Bonchev–Trinajstić information content (AvgIpc) is 2.83. The first-order valence-corrected chi connectivity index (χ1v) is 6.40. The maximum atomic E-state index is 11.9. The molecule has 16 heavy (non-hydrogen) atoms. The zero-order valence-corrected chi connectivity index (χ0v) is 10.00. The van der Waals surface area contributed by atoms with Gasteiger partial charge in [-0.3, -0.25) is 4.79 Å². The number of rotatable bonds is 3. The molecular formula is C12H22N2O2. The number of hydrogen-bond donors (Lipinski definition) is 2. The number of hydrogen-bond acceptors (Lipinski definition) is 3. The van der Waals surface area contributed by atoms with Crippen LogP contribution in [0.15, 0.2) is 0 Å². The molecule has 2 fully saturated rings. The van der Waals surface area contributed by atoms with Gasteiger partial charge in [0.05, 0.1) is 6.61 Å². The first-order chi connectivity index (χ1) is 7.77. The van der Waals surface area contributed by atoms with Crippen LogP contribution in [-0.4, -0.2) is 37.7 Å². The van der Waals surface area contributed by atoms with Gasteiger partial charge in [0.15, 0.2) is 0 Å². The maximum absolute atomic E-state index is 11.9. The molecule has 0 aromatic heterocycles. The summed E-state index contributed by atoms with van der Waals surface area (Å²) < 4.78 is 5.43. The van der Waals surface area contributed by atoms with Gasteiger partial charge < -0.3 is 15.4 Å². The molecule has 1 unspecified atom stereocenters. The van der Waals surface area contributed by atoms with Crippen molar-refractivity contribution in [2.75, 3.05) is 19.7 Å². The van der Waals surface area contributed by atoms with Crippen LogP contribution in [0.25, 0.3) is 0 Å². The fourth-order valence-corrected chi connectivity index (χ4v) is 2.63. The van der Waals surface area contributed by atoms with E-state index in [4.69, 9.17) is 4.74 Å². The Morgan fingerprint density at radius 3 is 2.81 bits per heavy atom. The standard InChI is InChI=1S/C12H22N2O2/c1-9(10-4-2-3-5-10)14-12(15)11-8-13-6-7-16-11/h9-11,13H,2-8H2,1H3,(H,14,15)/t9-,11?/m0/s1. The Kier molecular flexibility index (Phi) is 4.18. The average molecular weight is 226 g/mol. The van der Waals surface area contributed by atoms with Crippen molar-refractivity contribution in [2.24, 2.45) is 5.92 Å². The second-order valence-corrected chi connectivity index (χ2v) is 4.91. The molecule has 0 spiro atoms. The summed E-state index contributed by atoms with van der Waals surface area (Å²) in [7, 11) is 0. The van der Waals surface area contributed by atoms with Crippen LogP contribution in [-0.2, 0) is 9.53 Å². The number of carbonyl (C=O) groups excluding carboxylic acids is 1. The van der Waals surface area contributed by atoms with E-state index in [1.54, 1.807) is 0 Å². The number of morpholine rings is 1. The Morgan fingerprint density at radius 2 is 2.19 bits per heavy atom. The largest absolute Gasteiger partial charge is 0.366 e. The molecule has 2 aliphatic rings. The monoisotopic (exact) mass is 226 g/mol. The minimum atomic E-state index is -0.294. The van der Waals surface area contributed by atoms with Crippen molar-refractivity contribution in [3.63, 3.8) is 0 Å². The first-order valence-electron chi connectivity index (χ1n) is 6.40. The Bertz CT molecular complexity index is 233. The molecule has 0 aromatic rings. The molecule has 2 rings (SSSR count). The van der Waals surface area contributed by atoms with Crippen molar-refractivity contribution in [2.45, 2.75) is 44.8 Å². The SMILES string of the molecule is C[C@H](NC(=O)C1CNCCO1)C1CCCC1. The van der Waals surface area contributed by atoms with E-state index >= 15 is 0 Å². The zero-order chi connectivity index (χ0) is 11.4. The minimum Gasteiger partial charge on any atom is -0.366 e. The molecule has 1 amide bonds. The van der Waals surface area contributed by atoms with E-state index < -0.39 is 0 Å². The molecule has 92 valence electrons. The van der Waals surface area contributed by atoms with E-state index in [0.717, 1.165) is 6.54 Å². The van der Waals surface area contributed by atoms with E-state index in [-0.39, 0.29) is 12.0 Å². The molecular weight excluding hydrogens is 204 g/mol. The first kappa shape index (κ1) is 11.9. The quantitative estimate of drug-likeness (QED) is 0.743. The Morgan fingerprint density at radius 1 is 1.44 bits per heavy atom. The smallest absolute Gasteiger partial charge is 0.250 e. The van der Waals surface area contributed by atoms with Crippen LogP contribution >= 0.6 is 0 Å². The zero-order valence-electron chi connectivity index (χ0n) is 10.00. The number of ether oxygens (including phenoxy) is 1. The van der Waals surface area contributed by atoms with Crippen molar-refractivity contribution in [3.05, 3.63) is 0 Å². The van der Waals surface area contributed by atoms with Crippen molar-refractivity contribution in [1.82, 2.24) is 10.6 Å². The van der Waals surface area contributed by atoms with Crippen LogP contribution in [0.5, 0.6) is 0 Å². The van der Waals surface area contributed by atoms with Gasteiger partial charge in [-0.2, -0.15) is 0 Å². The number of nitrogens with one attached hydrogen (secondary N) is 2. The summed E-state index contributed by atoms with van der Waals surface area (Å²) in [5.41, 5.74) is 0. The van der Waals surface area contributed by atoms with Crippen LogP contribution in [0.1, 0.15) is 32.6 Å². The third-order valence-corrected chi connectivity index (χ3v) is 3.70. The molecule has 2 atom stereocenters. The molecule has 4 heteroatoms. The van der Waals surface area contributed by atoms with Crippen molar-refractivity contribution in [3.8, 4) is 0 Å². The Balaban J connectivity index is 1.76. The Hall–Kier alpha value is -0.610. The molecule has 4 nitrogen and oxygen atoms in total. The van der Waals surface area contributed by atoms with Gasteiger partial charge in [-0.15, -0.1) is 0 Å². The maximum Gasteiger partial charge on any atom is 0.250 e. The van der Waals surface area contributed by atoms with E-state index in [1.807, 2.05) is 0 Å². The fraction of sp³-hybridized carbons (Fsp3) is 0.917. The van der Waals surface area contributed by atoms with E-state index in [9.17, 15) is 4.79 Å². The predicted molar refractivity (Wildman–Crippen MR) is 62.2 cm³/mol. The molecule has 1 aliphatic carbocycles. The lowest BCUT2D eigenvalue weighted by molar-refractivity contribution is -0.135. The third-order valence-electron chi connectivity index (χ3n) is 3.70. The Labute approximate surface area is 97.1 Å². The summed E-state index contributed by atoms with van der Waals surface area (Å²) in [6.45, 7) is 4.24. The lowest BCUT2D eigenvalue weighted by Gasteiger charge is -2.26. The van der Waals surface area contributed by atoms with Gasteiger partial charge in [0.25, 0.3) is 5.91 Å². The second kappa shape index (κ2) is 5.64. The molecule has 0 aromatic carbocycles. The van der Waals surface area contributed by atoms with Gasteiger partial charge in [0, 0.05) is 19.1 Å². The van der Waals surface area contributed by atoms with E-state index in [2.05, 4.69) is 17.6 Å². The van der Waals surface area contributed by atoms with Crippen molar-refractivity contribution in [1.29, 1.82) is 0 Å². The molecule has 1 aliphatic heterocycles. The van der Waals surface area contributed by atoms with Crippen molar-refractivity contribution < 1.29 is 9.53 Å². The van der Waals surface area contributed by atoms with E-state index in [1.165, 1.54) is 25.7 Å². The number of amides is 1. The molecule has 1 saturated heterocycles. The van der Waals surface area contributed by atoms with Gasteiger partial charge in [0.2, 0.25) is 0 Å². The highest BCUT2D eigenvalue weighted by molar-refractivity contribution is 5.81. The number of carbonyl (C=O) groups is 1. The lowest BCUT2D eigenvalue weighted by atomic mass is 9.99. The van der Waals surface area contributed by atoms with Gasteiger partial charge in [-0.05, 0) is 25.7 Å². The van der Waals surface area contributed by atoms with Crippen LogP contribution in [0.2, 0.25) is 0 Å². The summed E-state index contributed by atoms with van der Waals surface area (Å²) in [5.74, 6) is 0.715. The van der Waals surface area contributed by atoms with Gasteiger partial charge in [0.1, 0.15) is 6.10 Å². The molecule has 0 bridgehead atoms. The molecule has 1 saturated carbocycles. The highest BCUT2D eigenvalue weighted by Crippen LogP contribution is 2.27. The summed E-state index contributed by atoms with van der Waals surface area (Å²) in [6, 6.07) is 0.292. The summed E-state index contributed by atoms with van der Waals surface area (Å²) in [4.78, 5) is 11.9.